The third-order valence-electron chi connectivity index (χ3n) is 5.64. The Hall–Kier alpha value is -3.64. The first kappa shape index (κ1) is 22.6. The lowest BCUT2D eigenvalue weighted by Gasteiger charge is -2.17. The molecule has 0 aromatic heterocycles. The van der Waals surface area contributed by atoms with Crippen molar-refractivity contribution in [2.45, 2.75) is 12.8 Å². The van der Waals surface area contributed by atoms with Gasteiger partial charge in [0, 0.05) is 11.6 Å². The van der Waals surface area contributed by atoms with Crippen molar-refractivity contribution in [3.63, 3.8) is 0 Å². The molecule has 0 saturated heterocycles. The number of carbonyl (C=O) groups excluding carboxylic acids is 2. The van der Waals surface area contributed by atoms with Gasteiger partial charge in [0.1, 0.15) is 12.4 Å². The summed E-state index contributed by atoms with van der Waals surface area (Å²) in [5, 5.41) is 10.2. The van der Waals surface area contributed by atoms with Crippen LogP contribution < -0.4 is 4.74 Å². The van der Waals surface area contributed by atoms with Crippen LogP contribution in [0.1, 0.15) is 33.6 Å². The molecular weight excluding hydrogens is 442 g/mol. The Morgan fingerprint density at radius 1 is 0.879 bits per heavy atom. The topological polar surface area (TPSA) is 83.9 Å². The van der Waals surface area contributed by atoms with E-state index in [2.05, 4.69) is 0 Å². The lowest BCUT2D eigenvalue weighted by molar-refractivity contribution is -0.143. The van der Waals surface area contributed by atoms with Gasteiger partial charge in [0.2, 0.25) is 0 Å². The third-order valence-corrected chi connectivity index (χ3v) is 5.90. The highest BCUT2D eigenvalue weighted by Crippen LogP contribution is 2.25. The van der Waals surface area contributed by atoms with Gasteiger partial charge in [-0.15, -0.1) is 0 Å². The van der Waals surface area contributed by atoms with Gasteiger partial charge in [0.15, 0.2) is 0 Å². The van der Waals surface area contributed by atoms with Crippen LogP contribution in [0.25, 0.3) is 11.1 Å². The summed E-state index contributed by atoms with van der Waals surface area (Å²) in [6, 6.07) is 21.6. The number of hydrogen-bond donors (Lipinski definition) is 1. The number of carboxylic acids is 1. The first-order valence-electron chi connectivity index (χ1n) is 10.6. The van der Waals surface area contributed by atoms with Crippen molar-refractivity contribution >= 4 is 29.4 Å². The predicted molar refractivity (Wildman–Crippen MR) is 125 cm³/mol. The number of fused-ring (bicyclic) bond motifs is 1. The number of carbonyl (C=O) groups is 3. The zero-order valence-corrected chi connectivity index (χ0v) is 18.5. The van der Waals surface area contributed by atoms with Crippen LogP contribution in [-0.2, 0) is 4.79 Å². The fourth-order valence-corrected chi connectivity index (χ4v) is 3.92. The number of halogens is 1. The fourth-order valence-electron chi connectivity index (χ4n) is 3.80. The molecule has 7 heteroatoms. The van der Waals surface area contributed by atoms with Gasteiger partial charge in [0.25, 0.3) is 11.8 Å². The van der Waals surface area contributed by atoms with Gasteiger partial charge in [0.05, 0.1) is 17.0 Å². The van der Waals surface area contributed by atoms with Crippen molar-refractivity contribution in [1.82, 2.24) is 4.90 Å². The van der Waals surface area contributed by atoms with Crippen LogP contribution in [-0.4, -0.2) is 40.9 Å². The van der Waals surface area contributed by atoms with E-state index in [1.165, 1.54) is 4.90 Å². The lowest BCUT2D eigenvalue weighted by Crippen LogP contribution is -2.31. The molecule has 1 aliphatic rings. The number of aliphatic carboxylic acids is 1. The molecule has 0 radical (unpaired) electrons. The Morgan fingerprint density at radius 3 is 1.97 bits per heavy atom. The molecular formula is C26H22ClNO5. The third kappa shape index (κ3) is 5.07. The van der Waals surface area contributed by atoms with E-state index >= 15 is 0 Å². The van der Waals surface area contributed by atoms with Gasteiger partial charge in [-0.25, -0.2) is 0 Å². The van der Waals surface area contributed by atoms with Crippen LogP contribution in [0.5, 0.6) is 5.75 Å². The summed E-state index contributed by atoms with van der Waals surface area (Å²) in [5.41, 5.74) is 2.79. The second-order valence-electron chi connectivity index (χ2n) is 7.83. The summed E-state index contributed by atoms with van der Waals surface area (Å²) in [6.07, 6.45) is 0.660. The summed E-state index contributed by atoms with van der Waals surface area (Å²) < 4.78 is 5.71. The molecule has 0 saturated carbocycles. The average Bonchev–Trinajstić information content (AvgIpc) is 3.07. The van der Waals surface area contributed by atoms with E-state index in [0.29, 0.717) is 28.3 Å². The van der Waals surface area contributed by atoms with E-state index in [0.717, 1.165) is 11.1 Å². The largest absolute Gasteiger partial charge is 0.493 e. The van der Waals surface area contributed by atoms with Crippen molar-refractivity contribution in [2.75, 3.05) is 13.2 Å². The number of imide groups is 1. The number of nitrogens with zero attached hydrogens (tertiary/aromatic N) is 1. The Balaban J connectivity index is 1.30. The molecule has 6 nitrogen and oxygen atoms in total. The highest BCUT2D eigenvalue weighted by Gasteiger charge is 2.34. The van der Waals surface area contributed by atoms with E-state index in [1.54, 1.807) is 36.4 Å². The Bertz CT molecular complexity index is 1140. The molecule has 168 valence electrons. The van der Waals surface area contributed by atoms with Crippen LogP contribution in [0.2, 0.25) is 5.02 Å². The molecule has 2 amide bonds. The highest BCUT2D eigenvalue weighted by molar-refractivity contribution is 6.30. The van der Waals surface area contributed by atoms with Gasteiger partial charge in [-0.05, 0) is 60.4 Å². The zero-order valence-electron chi connectivity index (χ0n) is 17.7. The molecule has 0 spiro atoms. The van der Waals surface area contributed by atoms with Crippen LogP contribution in [0.3, 0.4) is 0 Å². The molecule has 33 heavy (non-hydrogen) atoms. The maximum atomic E-state index is 12.4. The monoisotopic (exact) mass is 463 g/mol. The van der Waals surface area contributed by atoms with Crippen molar-refractivity contribution < 1.29 is 24.2 Å². The first-order valence-corrected chi connectivity index (χ1v) is 11.0. The van der Waals surface area contributed by atoms with Crippen LogP contribution in [0, 0.1) is 5.92 Å². The molecule has 1 aliphatic heterocycles. The predicted octanol–water partition coefficient (Wildman–Crippen LogP) is 5.16. The molecule has 0 aliphatic carbocycles. The van der Waals surface area contributed by atoms with Crippen molar-refractivity contribution in [1.29, 1.82) is 0 Å². The van der Waals surface area contributed by atoms with Crippen molar-refractivity contribution in [2.24, 2.45) is 5.92 Å². The number of carboxylic acid groups (broad SMARTS) is 1. The van der Waals surface area contributed by atoms with Crippen LogP contribution in [0.15, 0.2) is 72.8 Å². The van der Waals surface area contributed by atoms with E-state index in [9.17, 15) is 19.5 Å². The normalized spacial score (nSPS) is 13.7. The minimum atomic E-state index is -0.977. The lowest BCUT2D eigenvalue weighted by atomic mass is 10.0. The molecule has 4 rings (SSSR count). The summed E-state index contributed by atoms with van der Waals surface area (Å²) in [5.74, 6) is -1.83. The smallest absolute Gasteiger partial charge is 0.309 e. The number of amides is 2. The second kappa shape index (κ2) is 9.88. The van der Waals surface area contributed by atoms with Crippen LogP contribution >= 0.6 is 11.6 Å². The second-order valence-corrected chi connectivity index (χ2v) is 8.26. The maximum Gasteiger partial charge on any atom is 0.309 e. The average molecular weight is 464 g/mol. The fraction of sp³-hybridized carbons (Fsp3) is 0.192. The Labute approximate surface area is 196 Å². The molecule has 0 bridgehead atoms. The molecule has 3 aromatic carbocycles. The summed E-state index contributed by atoms with van der Waals surface area (Å²) in [4.78, 5) is 37.7. The zero-order chi connectivity index (χ0) is 23.4. The van der Waals surface area contributed by atoms with E-state index < -0.39 is 11.9 Å². The van der Waals surface area contributed by atoms with Gasteiger partial charge in [-0.1, -0.05) is 48.0 Å². The molecule has 3 aromatic rings. The molecule has 1 N–H and O–H groups in total. The standard InChI is InChI=1S/C26H22ClNO5/c27-20-11-7-17(8-12-20)18-9-13-21(14-10-18)33-16-19(26(31)32)4-3-15-28-24(29)22-5-1-2-6-23(22)25(28)30/h1-2,5-14,19H,3-4,15-16H2,(H,31,32). The van der Waals surface area contributed by atoms with E-state index in [-0.39, 0.29) is 31.4 Å². The van der Waals surface area contributed by atoms with Gasteiger partial charge < -0.3 is 9.84 Å². The molecule has 1 unspecified atom stereocenters. The molecule has 1 atom stereocenters. The summed E-state index contributed by atoms with van der Waals surface area (Å²) in [7, 11) is 0. The van der Waals surface area contributed by atoms with Gasteiger partial charge in [-0.3, -0.25) is 19.3 Å². The Morgan fingerprint density at radius 2 is 1.42 bits per heavy atom. The minimum Gasteiger partial charge on any atom is -0.493 e. The van der Waals surface area contributed by atoms with E-state index in [4.69, 9.17) is 16.3 Å². The summed E-state index contributed by atoms with van der Waals surface area (Å²) in [6.45, 7) is 0.170. The quantitative estimate of drug-likeness (QED) is 0.443. The van der Waals surface area contributed by atoms with Gasteiger partial charge in [-0.2, -0.15) is 0 Å². The van der Waals surface area contributed by atoms with Crippen molar-refractivity contribution in [3.05, 3.63) is 88.9 Å². The van der Waals surface area contributed by atoms with Gasteiger partial charge >= 0.3 is 5.97 Å². The number of ether oxygens (including phenoxy) is 1. The molecule has 0 fully saturated rings. The minimum absolute atomic E-state index is 0.00224. The summed E-state index contributed by atoms with van der Waals surface area (Å²) >= 11 is 5.93. The molecule has 1 heterocycles. The maximum absolute atomic E-state index is 12.4. The number of hydrogen-bond acceptors (Lipinski definition) is 4. The SMILES string of the molecule is O=C(O)C(CCCN1C(=O)c2ccccc2C1=O)COc1ccc(-c2ccc(Cl)cc2)cc1. The number of benzene rings is 3. The highest BCUT2D eigenvalue weighted by atomic mass is 35.5. The van der Waals surface area contributed by atoms with Crippen LogP contribution in [0.4, 0.5) is 0 Å². The first-order chi connectivity index (χ1) is 15.9. The Kier molecular flexibility index (Phi) is 6.75. The van der Waals surface area contributed by atoms with Crippen molar-refractivity contribution in [3.8, 4) is 16.9 Å². The van der Waals surface area contributed by atoms with E-state index in [1.807, 2.05) is 36.4 Å². The number of rotatable bonds is 9.